The molecule has 1 aliphatic rings. The van der Waals surface area contributed by atoms with Crippen molar-refractivity contribution < 1.29 is 18.0 Å². The zero-order valence-electron chi connectivity index (χ0n) is 12.4. The van der Waals surface area contributed by atoms with Gasteiger partial charge in [-0.3, -0.25) is 9.69 Å². The summed E-state index contributed by atoms with van der Waals surface area (Å²) < 4.78 is 36.9. The standard InChI is InChI=1S/C15H17F3N4O/c16-15(17,18)10-22-6-5-13(9-22)21-14(23)8-20-12-3-1-11(7-19)2-4-12/h1-4,13,20H,5-6,8-10H2,(H,21,23)/t13-/m1/s1. The molecule has 8 heteroatoms. The first-order valence-corrected chi connectivity index (χ1v) is 7.18. The van der Waals surface area contributed by atoms with E-state index in [-0.39, 0.29) is 25.0 Å². The molecule has 1 heterocycles. The van der Waals surface area contributed by atoms with E-state index in [1.807, 2.05) is 6.07 Å². The van der Waals surface area contributed by atoms with Crippen LogP contribution >= 0.6 is 0 Å². The molecule has 0 aliphatic carbocycles. The summed E-state index contributed by atoms with van der Waals surface area (Å²) in [4.78, 5) is 13.1. The lowest BCUT2D eigenvalue weighted by atomic mass is 10.2. The fourth-order valence-corrected chi connectivity index (χ4v) is 2.47. The van der Waals surface area contributed by atoms with Crippen molar-refractivity contribution in [1.29, 1.82) is 5.26 Å². The summed E-state index contributed by atoms with van der Waals surface area (Å²) in [5, 5.41) is 14.3. The third kappa shape index (κ3) is 5.79. The molecule has 0 bridgehead atoms. The summed E-state index contributed by atoms with van der Waals surface area (Å²) in [6.45, 7) is -0.375. The minimum Gasteiger partial charge on any atom is -0.376 e. The Bertz CT molecular complexity index is 580. The molecule has 5 nitrogen and oxygen atoms in total. The summed E-state index contributed by atoms with van der Waals surface area (Å²) in [6.07, 6.45) is -3.70. The Labute approximate surface area is 132 Å². The highest BCUT2D eigenvalue weighted by Gasteiger charge is 2.34. The Morgan fingerprint density at radius 2 is 2.04 bits per heavy atom. The summed E-state index contributed by atoms with van der Waals surface area (Å²) in [5.74, 6) is -0.270. The number of hydrogen-bond donors (Lipinski definition) is 2. The van der Waals surface area contributed by atoms with Gasteiger partial charge in [-0.25, -0.2) is 0 Å². The first-order chi connectivity index (χ1) is 10.9. The van der Waals surface area contributed by atoms with Crippen LogP contribution in [0.1, 0.15) is 12.0 Å². The predicted molar refractivity (Wildman–Crippen MR) is 78.7 cm³/mol. The fraction of sp³-hybridized carbons (Fsp3) is 0.467. The van der Waals surface area contributed by atoms with Crippen molar-refractivity contribution in [3.8, 4) is 6.07 Å². The van der Waals surface area contributed by atoms with Gasteiger partial charge in [0, 0.05) is 24.8 Å². The molecule has 2 N–H and O–H groups in total. The molecule has 0 spiro atoms. The van der Waals surface area contributed by atoms with Gasteiger partial charge in [-0.05, 0) is 30.7 Å². The molecule has 0 unspecified atom stereocenters. The SMILES string of the molecule is N#Cc1ccc(NCC(=O)N[C@@H]2CCN(CC(F)(F)F)C2)cc1. The van der Waals surface area contributed by atoms with Gasteiger partial charge < -0.3 is 10.6 Å². The van der Waals surface area contributed by atoms with E-state index in [4.69, 9.17) is 5.26 Å². The smallest absolute Gasteiger partial charge is 0.376 e. The molecular weight excluding hydrogens is 309 g/mol. The number of halogens is 3. The average molecular weight is 326 g/mol. The highest BCUT2D eigenvalue weighted by molar-refractivity contribution is 5.81. The number of anilines is 1. The first-order valence-electron chi connectivity index (χ1n) is 7.18. The topological polar surface area (TPSA) is 68.2 Å². The van der Waals surface area contributed by atoms with Crippen LogP contribution in [-0.4, -0.2) is 49.2 Å². The number of hydrogen-bond acceptors (Lipinski definition) is 4. The molecule has 1 aromatic rings. The summed E-state index contributed by atoms with van der Waals surface area (Å²) in [7, 11) is 0. The van der Waals surface area contributed by atoms with Crippen molar-refractivity contribution in [1.82, 2.24) is 10.2 Å². The van der Waals surface area contributed by atoms with Gasteiger partial charge in [0.15, 0.2) is 0 Å². The number of carbonyl (C=O) groups excluding carboxylic acids is 1. The number of nitriles is 1. The molecule has 1 aliphatic heterocycles. The van der Waals surface area contributed by atoms with Gasteiger partial charge in [0.25, 0.3) is 0 Å². The van der Waals surface area contributed by atoms with Crippen LogP contribution in [0.2, 0.25) is 0 Å². The second-order valence-electron chi connectivity index (χ2n) is 5.45. The molecule has 0 radical (unpaired) electrons. The Morgan fingerprint density at radius 1 is 1.35 bits per heavy atom. The maximum atomic E-state index is 12.3. The quantitative estimate of drug-likeness (QED) is 0.865. The van der Waals surface area contributed by atoms with Crippen LogP contribution in [0.4, 0.5) is 18.9 Å². The maximum Gasteiger partial charge on any atom is 0.401 e. The number of likely N-dealkylation sites (tertiary alicyclic amines) is 1. The van der Waals surface area contributed by atoms with E-state index in [2.05, 4.69) is 10.6 Å². The van der Waals surface area contributed by atoms with E-state index in [9.17, 15) is 18.0 Å². The normalized spacial score (nSPS) is 18.4. The molecule has 2 rings (SSSR count). The Balaban J connectivity index is 1.72. The first kappa shape index (κ1) is 17.1. The van der Waals surface area contributed by atoms with Gasteiger partial charge >= 0.3 is 6.18 Å². The highest BCUT2D eigenvalue weighted by atomic mass is 19.4. The average Bonchev–Trinajstić information content (AvgIpc) is 2.90. The third-order valence-corrected chi connectivity index (χ3v) is 3.51. The van der Waals surface area contributed by atoms with Gasteiger partial charge in [0.05, 0.1) is 24.7 Å². The molecule has 1 amide bonds. The van der Waals surface area contributed by atoms with Crippen molar-refractivity contribution in [2.75, 3.05) is 31.5 Å². The van der Waals surface area contributed by atoms with E-state index >= 15 is 0 Å². The lowest BCUT2D eigenvalue weighted by Crippen LogP contribution is -2.41. The zero-order chi connectivity index (χ0) is 16.9. The number of benzene rings is 1. The Hall–Kier alpha value is -2.27. The van der Waals surface area contributed by atoms with Crippen molar-refractivity contribution in [3.63, 3.8) is 0 Å². The van der Waals surface area contributed by atoms with Gasteiger partial charge in [-0.2, -0.15) is 18.4 Å². The second kappa shape index (κ2) is 7.33. The lowest BCUT2D eigenvalue weighted by Gasteiger charge is -2.18. The van der Waals surface area contributed by atoms with Crippen LogP contribution in [-0.2, 0) is 4.79 Å². The van der Waals surface area contributed by atoms with E-state index in [1.54, 1.807) is 24.3 Å². The minimum atomic E-state index is -4.21. The van der Waals surface area contributed by atoms with Gasteiger partial charge in [0.2, 0.25) is 5.91 Å². The number of nitrogens with zero attached hydrogens (tertiary/aromatic N) is 2. The van der Waals surface area contributed by atoms with Crippen LogP contribution in [0.15, 0.2) is 24.3 Å². The molecule has 1 aromatic carbocycles. The molecule has 1 saturated heterocycles. The molecule has 0 aromatic heterocycles. The van der Waals surface area contributed by atoms with Crippen LogP contribution < -0.4 is 10.6 Å². The van der Waals surface area contributed by atoms with E-state index < -0.39 is 12.7 Å². The molecular formula is C15H17F3N4O. The number of nitrogens with one attached hydrogen (secondary N) is 2. The van der Waals surface area contributed by atoms with E-state index in [0.29, 0.717) is 24.2 Å². The molecule has 124 valence electrons. The molecule has 23 heavy (non-hydrogen) atoms. The van der Waals surface area contributed by atoms with Crippen LogP contribution in [0, 0.1) is 11.3 Å². The summed E-state index contributed by atoms with van der Waals surface area (Å²) in [5.41, 5.74) is 1.22. The van der Waals surface area contributed by atoms with Gasteiger partial charge in [0.1, 0.15) is 0 Å². The van der Waals surface area contributed by atoms with Crippen molar-refractivity contribution in [2.24, 2.45) is 0 Å². The minimum absolute atomic E-state index is 0.0294. The Kier molecular flexibility index (Phi) is 5.45. The lowest BCUT2D eigenvalue weighted by molar-refractivity contribution is -0.143. The molecule has 1 atom stereocenters. The summed E-state index contributed by atoms with van der Waals surface area (Å²) in [6, 6.07) is 8.38. The number of amides is 1. The van der Waals surface area contributed by atoms with E-state index in [0.717, 1.165) is 0 Å². The monoisotopic (exact) mass is 326 g/mol. The number of rotatable bonds is 5. The fourth-order valence-electron chi connectivity index (χ4n) is 2.47. The highest BCUT2D eigenvalue weighted by Crippen LogP contribution is 2.19. The number of alkyl halides is 3. The van der Waals surface area contributed by atoms with Crippen LogP contribution in [0.3, 0.4) is 0 Å². The predicted octanol–water partition coefficient (Wildman–Crippen LogP) is 1.72. The van der Waals surface area contributed by atoms with Crippen molar-refractivity contribution >= 4 is 11.6 Å². The van der Waals surface area contributed by atoms with Crippen LogP contribution in [0.25, 0.3) is 0 Å². The maximum absolute atomic E-state index is 12.3. The van der Waals surface area contributed by atoms with Crippen LogP contribution in [0.5, 0.6) is 0 Å². The van der Waals surface area contributed by atoms with Gasteiger partial charge in [-0.15, -0.1) is 0 Å². The zero-order valence-corrected chi connectivity index (χ0v) is 12.4. The Morgan fingerprint density at radius 3 is 2.65 bits per heavy atom. The number of carbonyl (C=O) groups is 1. The van der Waals surface area contributed by atoms with E-state index in [1.165, 1.54) is 4.90 Å². The summed E-state index contributed by atoms with van der Waals surface area (Å²) >= 11 is 0. The van der Waals surface area contributed by atoms with Crippen molar-refractivity contribution in [3.05, 3.63) is 29.8 Å². The second-order valence-corrected chi connectivity index (χ2v) is 5.45. The molecule has 1 fully saturated rings. The van der Waals surface area contributed by atoms with Gasteiger partial charge in [-0.1, -0.05) is 0 Å². The molecule has 0 saturated carbocycles. The van der Waals surface area contributed by atoms with Crippen molar-refractivity contribution in [2.45, 2.75) is 18.6 Å². The third-order valence-electron chi connectivity index (χ3n) is 3.51. The largest absolute Gasteiger partial charge is 0.401 e.